The van der Waals surface area contributed by atoms with Crippen molar-refractivity contribution in [2.75, 3.05) is 0 Å². The second-order valence-corrected chi connectivity index (χ2v) is 3.23. The maximum atomic E-state index is 12.9. The van der Waals surface area contributed by atoms with E-state index in [4.69, 9.17) is 16.7 Å². The maximum absolute atomic E-state index is 12.9. The molecule has 1 heterocycles. The van der Waals surface area contributed by atoms with Crippen LogP contribution in [0.15, 0.2) is 12.3 Å². The second kappa shape index (κ2) is 4.32. The Labute approximate surface area is 87.5 Å². The number of alkyl halides is 3. The monoisotopic (exact) mass is 243 g/mol. The molecule has 1 atom stereocenters. The summed E-state index contributed by atoms with van der Waals surface area (Å²) >= 11 is 5.47. The topological polar surface area (TPSA) is 33.1 Å². The summed E-state index contributed by atoms with van der Waals surface area (Å²) in [5, 5.41) is 8.52. The van der Waals surface area contributed by atoms with Crippen LogP contribution in [0.25, 0.3) is 0 Å². The molecule has 1 aromatic rings. The molecular formula is C8H6ClF4NO. The fourth-order valence-corrected chi connectivity index (χ4v) is 1.15. The van der Waals surface area contributed by atoms with Crippen LogP contribution >= 0.6 is 11.6 Å². The number of hydrogen-bond donors (Lipinski definition) is 1. The van der Waals surface area contributed by atoms with Gasteiger partial charge in [0.25, 0.3) is 0 Å². The zero-order chi connectivity index (χ0) is 11.6. The predicted molar refractivity (Wildman–Crippen MR) is 45.0 cm³/mol. The third-order valence-electron chi connectivity index (χ3n) is 1.72. The first-order valence-electron chi connectivity index (χ1n) is 3.86. The Morgan fingerprint density at radius 3 is 2.53 bits per heavy atom. The lowest BCUT2D eigenvalue weighted by Gasteiger charge is -2.14. The van der Waals surface area contributed by atoms with Gasteiger partial charge in [0.2, 0.25) is 5.95 Å². The fourth-order valence-electron chi connectivity index (χ4n) is 0.936. The normalized spacial score (nSPS) is 14.0. The number of pyridine rings is 1. The van der Waals surface area contributed by atoms with Gasteiger partial charge in [-0.1, -0.05) is 11.6 Å². The lowest BCUT2D eigenvalue weighted by molar-refractivity contribution is -0.203. The van der Waals surface area contributed by atoms with Crippen molar-refractivity contribution >= 4 is 11.6 Å². The molecule has 0 saturated carbocycles. The molecule has 0 bridgehead atoms. The Kier molecular flexibility index (Phi) is 3.51. The van der Waals surface area contributed by atoms with Gasteiger partial charge in [0, 0.05) is 23.2 Å². The summed E-state index contributed by atoms with van der Waals surface area (Å²) < 4.78 is 48.8. The Morgan fingerprint density at radius 1 is 1.47 bits per heavy atom. The van der Waals surface area contributed by atoms with Gasteiger partial charge in [-0.3, -0.25) is 0 Å². The lowest BCUT2D eigenvalue weighted by atomic mass is 10.1. The van der Waals surface area contributed by atoms with Crippen LogP contribution in [0.4, 0.5) is 17.6 Å². The van der Waals surface area contributed by atoms with E-state index in [-0.39, 0.29) is 5.02 Å². The van der Waals surface area contributed by atoms with E-state index in [1.54, 1.807) is 0 Å². The Bertz CT molecular complexity index is 335. The van der Waals surface area contributed by atoms with Crippen LogP contribution in [-0.2, 0) is 6.42 Å². The van der Waals surface area contributed by atoms with Crippen LogP contribution < -0.4 is 0 Å². The van der Waals surface area contributed by atoms with Crippen LogP contribution in [0.2, 0.25) is 5.02 Å². The largest absolute Gasteiger partial charge is 0.414 e. The number of hydrogen-bond acceptors (Lipinski definition) is 2. The molecule has 0 fully saturated rings. The minimum Gasteiger partial charge on any atom is -0.383 e. The molecule has 1 N–H and O–H groups in total. The smallest absolute Gasteiger partial charge is 0.383 e. The van der Waals surface area contributed by atoms with Gasteiger partial charge in [-0.05, 0) is 6.07 Å². The SMILES string of the molecule is OC(Cc1c(Cl)ccnc1F)C(F)(F)F. The van der Waals surface area contributed by atoms with Crippen molar-refractivity contribution < 1.29 is 22.7 Å². The van der Waals surface area contributed by atoms with E-state index in [1.807, 2.05) is 0 Å². The zero-order valence-corrected chi connectivity index (χ0v) is 7.98. The van der Waals surface area contributed by atoms with E-state index in [1.165, 1.54) is 0 Å². The number of aromatic nitrogens is 1. The summed E-state index contributed by atoms with van der Waals surface area (Å²) in [7, 11) is 0. The molecule has 0 saturated heterocycles. The molecule has 0 aliphatic heterocycles. The number of aliphatic hydroxyl groups is 1. The van der Waals surface area contributed by atoms with E-state index >= 15 is 0 Å². The van der Waals surface area contributed by atoms with Crippen LogP contribution in [0.3, 0.4) is 0 Å². The predicted octanol–water partition coefficient (Wildman–Crippen LogP) is 2.34. The average molecular weight is 244 g/mol. The van der Waals surface area contributed by atoms with Crippen LogP contribution in [-0.4, -0.2) is 22.4 Å². The number of halogens is 5. The molecule has 2 nitrogen and oxygen atoms in total. The van der Waals surface area contributed by atoms with Gasteiger partial charge in [-0.15, -0.1) is 0 Å². The molecule has 15 heavy (non-hydrogen) atoms. The summed E-state index contributed by atoms with van der Waals surface area (Å²) in [5.41, 5.74) is -0.441. The van der Waals surface area contributed by atoms with Crippen LogP contribution in [0, 0.1) is 5.95 Å². The lowest BCUT2D eigenvalue weighted by Crippen LogP contribution is -2.31. The second-order valence-electron chi connectivity index (χ2n) is 2.82. The van der Waals surface area contributed by atoms with Crippen LogP contribution in [0.5, 0.6) is 0 Å². The van der Waals surface area contributed by atoms with Crippen molar-refractivity contribution in [3.63, 3.8) is 0 Å². The molecule has 7 heteroatoms. The highest BCUT2D eigenvalue weighted by Crippen LogP contribution is 2.26. The molecule has 0 aromatic carbocycles. The van der Waals surface area contributed by atoms with E-state index in [9.17, 15) is 17.6 Å². The Hall–Kier alpha value is -0.880. The van der Waals surface area contributed by atoms with Gasteiger partial charge < -0.3 is 5.11 Å². The summed E-state index contributed by atoms with van der Waals surface area (Å²) in [6.07, 6.45) is -7.36. The van der Waals surface area contributed by atoms with Crippen molar-refractivity contribution in [1.29, 1.82) is 0 Å². The minimum atomic E-state index is -4.80. The highest BCUT2D eigenvalue weighted by Gasteiger charge is 2.38. The highest BCUT2D eigenvalue weighted by atomic mass is 35.5. The Morgan fingerprint density at radius 2 is 2.07 bits per heavy atom. The van der Waals surface area contributed by atoms with Crippen LogP contribution in [0.1, 0.15) is 5.56 Å². The maximum Gasteiger partial charge on any atom is 0.414 e. The summed E-state index contributed by atoms with van der Waals surface area (Å²) in [6.45, 7) is 0. The molecule has 1 rings (SSSR count). The first kappa shape index (κ1) is 12.2. The number of aliphatic hydroxyl groups excluding tert-OH is 1. The molecule has 0 amide bonds. The van der Waals surface area contributed by atoms with Crippen molar-refractivity contribution in [3.05, 3.63) is 28.8 Å². The third kappa shape index (κ3) is 3.04. The van der Waals surface area contributed by atoms with Crippen molar-refractivity contribution in [3.8, 4) is 0 Å². The molecule has 1 aromatic heterocycles. The quantitative estimate of drug-likeness (QED) is 0.639. The molecule has 0 spiro atoms. The fraction of sp³-hybridized carbons (Fsp3) is 0.375. The molecule has 0 radical (unpaired) electrons. The van der Waals surface area contributed by atoms with Gasteiger partial charge in [-0.25, -0.2) is 4.98 Å². The average Bonchev–Trinajstić information content (AvgIpc) is 2.09. The van der Waals surface area contributed by atoms with Crippen molar-refractivity contribution in [2.24, 2.45) is 0 Å². The van der Waals surface area contributed by atoms with Gasteiger partial charge in [0.15, 0.2) is 6.10 Å². The molecule has 0 aliphatic rings. The first-order chi connectivity index (χ1) is 6.82. The van der Waals surface area contributed by atoms with Gasteiger partial charge in [0.1, 0.15) is 0 Å². The van der Waals surface area contributed by atoms with E-state index in [2.05, 4.69) is 4.98 Å². The van der Waals surface area contributed by atoms with E-state index < -0.39 is 30.2 Å². The third-order valence-corrected chi connectivity index (χ3v) is 2.08. The first-order valence-corrected chi connectivity index (χ1v) is 4.24. The molecule has 1 unspecified atom stereocenters. The molecule has 84 valence electrons. The van der Waals surface area contributed by atoms with Crippen molar-refractivity contribution in [2.45, 2.75) is 18.7 Å². The van der Waals surface area contributed by atoms with E-state index in [0.717, 1.165) is 12.3 Å². The van der Waals surface area contributed by atoms with Crippen molar-refractivity contribution in [1.82, 2.24) is 4.98 Å². The zero-order valence-electron chi connectivity index (χ0n) is 7.22. The number of nitrogens with zero attached hydrogens (tertiary/aromatic N) is 1. The van der Waals surface area contributed by atoms with Gasteiger partial charge >= 0.3 is 6.18 Å². The van der Waals surface area contributed by atoms with Gasteiger partial charge in [0.05, 0.1) is 0 Å². The highest BCUT2D eigenvalue weighted by molar-refractivity contribution is 6.31. The molecular weight excluding hydrogens is 238 g/mol. The summed E-state index contributed by atoms with van der Waals surface area (Å²) in [6, 6.07) is 1.16. The minimum absolute atomic E-state index is 0.189. The van der Waals surface area contributed by atoms with E-state index in [0.29, 0.717) is 0 Å². The summed E-state index contributed by atoms with van der Waals surface area (Å²) in [4.78, 5) is 3.15. The number of rotatable bonds is 2. The van der Waals surface area contributed by atoms with Gasteiger partial charge in [-0.2, -0.15) is 17.6 Å². The summed E-state index contributed by atoms with van der Waals surface area (Å²) in [5.74, 6) is -1.11. The Balaban J connectivity index is 2.90. The standard InChI is InChI=1S/C8H6ClF4NO/c9-5-1-2-14-7(10)4(5)3-6(15)8(11,12)13/h1-2,6,15H,3H2. The molecule has 0 aliphatic carbocycles.